The number of amidine groups is 1. The number of amides is 1. The zero-order valence-corrected chi connectivity index (χ0v) is 15.7. The Hall–Kier alpha value is -2.38. The third kappa shape index (κ3) is 3.67. The second kappa shape index (κ2) is 7.25. The van der Waals surface area contributed by atoms with Crippen LogP contribution in [0.4, 0.5) is 10.8 Å². The van der Waals surface area contributed by atoms with Crippen molar-refractivity contribution in [2.45, 2.75) is 13.8 Å². The fourth-order valence-electron chi connectivity index (χ4n) is 2.39. The minimum absolute atomic E-state index is 0.0724. The van der Waals surface area contributed by atoms with Gasteiger partial charge in [-0.05, 0) is 48.9 Å². The van der Waals surface area contributed by atoms with Gasteiger partial charge in [-0.15, -0.1) is 17.9 Å². The van der Waals surface area contributed by atoms with Crippen LogP contribution in [0.15, 0.2) is 52.2 Å². The van der Waals surface area contributed by atoms with Gasteiger partial charge in [0.15, 0.2) is 5.17 Å². The number of thioether (sulfide) groups is 1. The normalized spacial score (nSPS) is 18.1. The minimum atomic E-state index is -0.0724. The highest BCUT2D eigenvalue weighted by molar-refractivity contribution is 8.18. The molecule has 25 heavy (non-hydrogen) atoms. The summed E-state index contributed by atoms with van der Waals surface area (Å²) in [7, 11) is 0. The predicted molar refractivity (Wildman–Crippen MR) is 107 cm³/mol. The topological polar surface area (TPSA) is 71.6 Å². The molecule has 1 aromatic carbocycles. The average Bonchev–Trinajstić information content (AvgIpc) is 3.12. The summed E-state index contributed by atoms with van der Waals surface area (Å²) in [5, 5.41) is 3.20. The quantitative estimate of drug-likeness (QED) is 0.497. The van der Waals surface area contributed by atoms with E-state index in [1.807, 2.05) is 43.5 Å². The lowest BCUT2D eigenvalue weighted by molar-refractivity contribution is -0.121. The van der Waals surface area contributed by atoms with Gasteiger partial charge in [0.05, 0.1) is 10.6 Å². The van der Waals surface area contributed by atoms with Crippen LogP contribution < -0.4 is 5.73 Å². The second-order valence-corrected chi connectivity index (χ2v) is 7.37. The summed E-state index contributed by atoms with van der Waals surface area (Å²) in [6.45, 7) is 7.99. The molecular weight excluding hydrogens is 352 g/mol. The van der Waals surface area contributed by atoms with Gasteiger partial charge in [0.25, 0.3) is 5.91 Å². The van der Waals surface area contributed by atoms with Gasteiger partial charge in [-0.25, -0.2) is 4.98 Å². The van der Waals surface area contributed by atoms with Crippen molar-refractivity contribution in [2.75, 3.05) is 12.3 Å². The Morgan fingerprint density at radius 2 is 2.28 bits per heavy atom. The Morgan fingerprint density at radius 3 is 2.92 bits per heavy atom. The number of aryl methyl sites for hydroxylation is 1. The number of aliphatic imine (C=N–C) groups is 1. The SMILES string of the molecule is C=CCN1C(=O)/C(=C(\C)c2cccc(N)c2)S/C1=N/c1nc(C)cs1. The van der Waals surface area contributed by atoms with Crippen molar-refractivity contribution in [1.82, 2.24) is 9.88 Å². The van der Waals surface area contributed by atoms with Gasteiger partial charge in [-0.2, -0.15) is 4.99 Å². The number of nitrogens with two attached hydrogens (primary N) is 1. The van der Waals surface area contributed by atoms with Crippen LogP contribution in [0.5, 0.6) is 0 Å². The summed E-state index contributed by atoms with van der Waals surface area (Å²) < 4.78 is 0. The Kier molecular flexibility index (Phi) is 5.06. The molecule has 7 heteroatoms. The Bertz CT molecular complexity index is 898. The molecule has 0 radical (unpaired) electrons. The molecule has 0 spiro atoms. The van der Waals surface area contributed by atoms with E-state index >= 15 is 0 Å². The zero-order valence-electron chi connectivity index (χ0n) is 14.0. The molecule has 0 saturated carbocycles. The lowest BCUT2D eigenvalue weighted by Crippen LogP contribution is -2.29. The van der Waals surface area contributed by atoms with Gasteiger partial charge >= 0.3 is 0 Å². The second-order valence-electron chi connectivity index (χ2n) is 5.55. The third-order valence-electron chi connectivity index (χ3n) is 3.63. The zero-order chi connectivity index (χ0) is 18.0. The van der Waals surface area contributed by atoms with Crippen molar-refractivity contribution in [3.8, 4) is 0 Å². The highest BCUT2D eigenvalue weighted by Gasteiger charge is 2.34. The monoisotopic (exact) mass is 370 g/mol. The van der Waals surface area contributed by atoms with Gasteiger partial charge in [0, 0.05) is 17.6 Å². The molecular formula is C18H18N4OS2. The van der Waals surface area contributed by atoms with E-state index < -0.39 is 0 Å². The summed E-state index contributed by atoms with van der Waals surface area (Å²) in [5.41, 5.74) is 9.27. The number of nitrogens with zero attached hydrogens (tertiary/aromatic N) is 3. The molecule has 1 aromatic heterocycles. The summed E-state index contributed by atoms with van der Waals surface area (Å²) >= 11 is 2.82. The first-order valence-corrected chi connectivity index (χ1v) is 9.37. The molecule has 1 fully saturated rings. The minimum Gasteiger partial charge on any atom is -0.399 e. The number of allylic oxidation sites excluding steroid dienone is 1. The number of hydrogen-bond donors (Lipinski definition) is 1. The maximum absolute atomic E-state index is 12.9. The van der Waals surface area contributed by atoms with Gasteiger partial charge in [-0.3, -0.25) is 9.69 Å². The van der Waals surface area contributed by atoms with Crippen LogP contribution >= 0.6 is 23.1 Å². The molecule has 1 amide bonds. The highest BCUT2D eigenvalue weighted by Crippen LogP contribution is 2.38. The number of benzene rings is 1. The lowest BCUT2D eigenvalue weighted by atomic mass is 10.1. The van der Waals surface area contributed by atoms with E-state index in [1.54, 1.807) is 11.0 Å². The largest absolute Gasteiger partial charge is 0.399 e. The standard InChI is InChI=1S/C18H18N4OS2/c1-4-8-22-16(23)15(12(3)13-6-5-7-14(19)9-13)25-18(22)21-17-20-11(2)10-24-17/h4-7,9-10H,1,8,19H2,2-3H3/b15-12-,21-18+. The van der Waals surface area contributed by atoms with Crippen molar-refractivity contribution < 1.29 is 4.79 Å². The van der Waals surface area contributed by atoms with Crippen LogP contribution in [0.3, 0.4) is 0 Å². The van der Waals surface area contributed by atoms with Gasteiger partial charge in [0.2, 0.25) is 5.13 Å². The number of aromatic nitrogens is 1. The van der Waals surface area contributed by atoms with Gasteiger partial charge in [0.1, 0.15) is 0 Å². The van der Waals surface area contributed by atoms with Crippen molar-refractivity contribution in [2.24, 2.45) is 4.99 Å². The first kappa shape index (κ1) is 17.4. The van der Waals surface area contributed by atoms with E-state index in [2.05, 4.69) is 16.6 Å². The number of rotatable bonds is 4. The number of hydrogen-bond acceptors (Lipinski definition) is 6. The summed E-state index contributed by atoms with van der Waals surface area (Å²) in [5.74, 6) is -0.0724. The summed E-state index contributed by atoms with van der Waals surface area (Å²) in [6, 6.07) is 7.53. The van der Waals surface area contributed by atoms with Gasteiger partial charge < -0.3 is 5.73 Å². The van der Waals surface area contributed by atoms with Crippen LogP contribution in [0, 0.1) is 6.92 Å². The lowest BCUT2D eigenvalue weighted by Gasteiger charge is -2.12. The van der Waals surface area contributed by atoms with E-state index in [4.69, 9.17) is 5.73 Å². The maximum atomic E-state index is 12.9. The van der Waals surface area contributed by atoms with Crippen LogP contribution in [0.25, 0.3) is 5.57 Å². The van der Waals surface area contributed by atoms with Crippen molar-refractivity contribution >= 4 is 50.6 Å². The molecule has 1 saturated heterocycles. The molecule has 0 aliphatic carbocycles. The molecule has 128 valence electrons. The molecule has 2 N–H and O–H groups in total. The van der Waals surface area contributed by atoms with E-state index in [0.29, 0.717) is 27.4 Å². The molecule has 0 atom stereocenters. The first-order valence-electron chi connectivity index (χ1n) is 7.68. The number of carbonyl (C=O) groups excluding carboxylic acids is 1. The van der Waals surface area contributed by atoms with Crippen molar-refractivity contribution in [1.29, 1.82) is 0 Å². The van der Waals surface area contributed by atoms with E-state index in [0.717, 1.165) is 16.8 Å². The van der Waals surface area contributed by atoms with E-state index in [1.165, 1.54) is 23.1 Å². The molecule has 2 aromatic rings. The molecule has 3 rings (SSSR count). The first-order chi connectivity index (χ1) is 12.0. The van der Waals surface area contributed by atoms with E-state index in [-0.39, 0.29) is 5.91 Å². The van der Waals surface area contributed by atoms with E-state index in [9.17, 15) is 4.79 Å². The molecule has 2 heterocycles. The number of anilines is 1. The van der Waals surface area contributed by atoms with Crippen molar-refractivity contribution in [3.63, 3.8) is 0 Å². The summed E-state index contributed by atoms with van der Waals surface area (Å²) in [4.78, 5) is 24.1. The van der Waals surface area contributed by atoms with Crippen LogP contribution in [0.1, 0.15) is 18.2 Å². The number of carbonyl (C=O) groups is 1. The average molecular weight is 371 g/mol. The maximum Gasteiger partial charge on any atom is 0.267 e. The molecule has 1 aliphatic heterocycles. The third-order valence-corrected chi connectivity index (χ3v) is 5.67. The molecule has 0 unspecified atom stereocenters. The molecule has 0 bridgehead atoms. The van der Waals surface area contributed by atoms with Crippen LogP contribution in [0.2, 0.25) is 0 Å². The Morgan fingerprint density at radius 1 is 1.48 bits per heavy atom. The number of thiazole rings is 1. The summed E-state index contributed by atoms with van der Waals surface area (Å²) in [6.07, 6.45) is 1.69. The van der Waals surface area contributed by atoms with Gasteiger partial charge in [-0.1, -0.05) is 18.2 Å². The van der Waals surface area contributed by atoms with Crippen LogP contribution in [-0.4, -0.2) is 27.5 Å². The molecule has 5 nitrogen and oxygen atoms in total. The van der Waals surface area contributed by atoms with Crippen molar-refractivity contribution in [3.05, 3.63) is 58.5 Å². The predicted octanol–water partition coefficient (Wildman–Crippen LogP) is 4.21. The Labute approximate surface area is 155 Å². The Balaban J connectivity index is 2.02. The fraction of sp³-hybridized carbons (Fsp3) is 0.167. The number of nitrogen functional groups attached to an aromatic ring is 1. The fourth-order valence-corrected chi connectivity index (χ4v) is 4.16. The highest BCUT2D eigenvalue weighted by atomic mass is 32.2. The molecule has 1 aliphatic rings. The van der Waals surface area contributed by atoms with Crippen LogP contribution in [-0.2, 0) is 4.79 Å². The smallest absolute Gasteiger partial charge is 0.267 e.